The number of morpholine rings is 1. The van der Waals surface area contributed by atoms with Gasteiger partial charge in [0.25, 0.3) is 0 Å². The number of Topliss-reactive ketones (excluding diaryl/α,β-unsaturated/α-hetero) is 1. The van der Waals surface area contributed by atoms with Crippen LogP contribution in [-0.4, -0.2) is 67.3 Å². The Morgan fingerprint density at radius 3 is 2.74 bits per heavy atom. The number of ether oxygens (including phenoxy) is 2. The second kappa shape index (κ2) is 6.98. The number of aliphatic hydroxyl groups is 1. The van der Waals surface area contributed by atoms with Crippen LogP contribution in [0.15, 0.2) is 0 Å². The Labute approximate surface area is 113 Å². The maximum Gasteiger partial charge on any atom is 0.319 e. The summed E-state index contributed by atoms with van der Waals surface area (Å²) < 4.78 is 10.2. The lowest BCUT2D eigenvalue weighted by molar-refractivity contribution is -0.158. The number of rotatable bonds is 6. The second-order valence-corrected chi connectivity index (χ2v) is 5.15. The minimum atomic E-state index is -1.16. The van der Waals surface area contributed by atoms with Gasteiger partial charge in [-0.25, -0.2) is 0 Å². The molecule has 1 N–H and O–H groups in total. The summed E-state index contributed by atoms with van der Waals surface area (Å²) in [6, 6.07) is -0.185. The topological polar surface area (TPSA) is 76.1 Å². The van der Waals surface area contributed by atoms with Crippen molar-refractivity contribution in [2.75, 3.05) is 39.5 Å². The Balaban J connectivity index is 2.64. The predicted octanol–water partition coefficient (Wildman–Crippen LogP) is -0.162. The van der Waals surface area contributed by atoms with E-state index >= 15 is 0 Å². The molecule has 0 aromatic heterocycles. The Hall–Kier alpha value is -0.980. The summed E-state index contributed by atoms with van der Waals surface area (Å²) in [5.74, 6) is -0.708. The molecule has 0 saturated carbocycles. The molecule has 1 saturated heterocycles. The van der Waals surface area contributed by atoms with E-state index in [1.807, 2.05) is 4.90 Å². The van der Waals surface area contributed by atoms with Crippen LogP contribution in [0, 0.1) is 5.41 Å². The quantitative estimate of drug-likeness (QED) is 0.535. The highest BCUT2D eigenvalue weighted by Crippen LogP contribution is 2.20. The molecule has 0 spiro atoms. The van der Waals surface area contributed by atoms with Gasteiger partial charge >= 0.3 is 5.97 Å². The SMILES string of the molecule is CCOC(=O)C(C)(C)C(=O)CN1CCOCC1CO. The minimum absolute atomic E-state index is 0.0624. The van der Waals surface area contributed by atoms with Crippen molar-refractivity contribution in [1.29, 1.82) is 0 Å². The van der Waals surface area contributed by atoms with Crippen LogP contribution in [0.25, 0.3) is 0 Å². The number of aliphatic hydroxyl groups excluding tert-OH is 1. The Morgan fingerprint density at radius 2 is 2.16 bits per heavy atom. The molecule has 1 aliphatic rings. The van der Waals surface area contributed by atoms with Gasteiger partial charge in [0.05, 0.1) is 39.0 Å². The van der Waals surface area contributed by atoms with E-state index in [4.69, 9.17) is 9.47 Å². The lowest BCUT2D eigenvalue weighted by atomic mass is 9.87. The standard InChI is InChI=1S/C13H23NO5/c1-4-19-12(17)13(2,3)11(16)7-14-5-6-18-9-10(14)8-15/h10,15H,4-9H2,1-3H3. The fraction of sp³-hybridized carbons (Fsp3) is 0.846. The van der Waals surface area contributed by atoms with E-state index in [0.717, 1.165) is 0 Å². The molecule has 6 nitrogen and oxygen atoms in total. The third-order valence-electron chi connectivity index (χ3n) is 3.39. The van der Waals surface area contributed by atoms with Crippen molar-refractivity contribution in [1.82, 2.24) is 4.90 Å². The zero-order valence-electron chi connectivity index (χ0n) is 11.8. The van der Waals surface area contributed by atoms with Crippen molar-refractivity contribution in [3.63, 3.8) is 0 Å². The molecule has 0 aromatic rings. The number of hydrogen-bond acceptors (Lipinski definition) is 6. The molecule has 0 radical (unpaired) electrons. The molecule has 1 unspecified atom stereocenters. The fourth-order valence-corrected chi connectivity index (χ4v) is 1.87. The Bertz CT molecular complexity index is 329. The summed E-state index contributed by atoms with van der Waals surface area (Å²) in [7, 11) is 0. The van der Waals surface area contributed by atoms with Gasteiger partial charge < -0.3 is 14.6 Å². The van der Waals surface area contributed by atoms with Crippen molar-refractivity contribution in [2.24, 2.45) is 5.41 Å². The molecule has 1 aliphatic heterocycles. The fourth-order valence-electron chi connectivity index (χ4n) is 1.87. The first-order valence-corrected chi connectivity index (χ1v) is 6.56. The third kappa shape index (κ3) is 3.99. The molecule has 0 aliphatic carbocycles. The molecule has 0 amide bonds. The van der Waals surface area contributed by atoms with E-state index in [1.54, 1.807) is 20.8 Å². The van der Waals surface area contributed by atoms with E-state index in [-0.39, 0.29) is 31.6 Å². The van der Waals surface area contributed by atoms with E-state index in [1.165, 1.54) is 0 Å². The molecule has 6 heteroatoms. The molecule has 1 fully saturated rings. The molecule has 1 heterocycles. The predicted molar refractivity (Wildman–Crippen MR) is 68.7 cm³/mol. The van der Waals surface area contributed by atoms with Crippen LogP contribution in [-0.2, 0) is 19.1 Å². The van der Waals surface area contributed by atoms with Gasteiger partial charge in [0.15, 0.2) is 5.78 Å². The third-order valence-corrected chi connectivity index (χ3v) is 3.39. The maximum absolute atomic E-state index is 12.2. The van der Waals surface area contributed by atoms with E-state index < -0.39 is 11.4 Å². The van der Waals surface area contributed by atoms with Gasteiger partial charge in [0.2, 0.25) is 0 Å². The van der Waals surface area contributed by atoms with Crippen LogP contribution < -0.4 is 0 Å². The van der Waals surface area contributed by atoms with Crippen molar-refractivity contribution in [3.05, 3.63) is 0 Å². The number of ketones is 1. The van der Waals surface area contributed by atoms with Crippen molar-refractivity contribution in [3.8, 4) is 0 Å². The average Bonchev–Trinajstić information content (AvgIpc) is 2.39. The van der Waals surface area contributed by atoms with Crippen LogP contribution >= 0.6 is 0 Å². The van der Waals surface area contributed by atoms with Gasteiger partial charge in [-0.3, -0.25) is 14.5 Å². The summed E-state index contributed by atoms with van der Waals surface area (Å²) >= 11 is 0. The van der Waals surface area contributed by atoms with Gasteiger partial charge in [-0.2, -0.15) is 0 Å². The molecular weight excluding hydrogens is 250 g/mol. The highest BCUT2D eigenvalue weighted by atomic mass is 16.5. The molecular formula is C13H23NO5. The monoisotopic (exact) mass is 273 g/mol. The van der Waals surface area contributed by atoms with Gasteiger partial charge in [-0.15, -0.1) is 0 Å². The van der Waals surface area contributed by atoms with Gasteiger partial charge in [0, 0.05) is 6.54 Å². The number of hydrogen-bond donors (Lipinski definition) is 1. The summed E-state index contributed by atoms with van der Waals surface area (Å²) in [4.78, 5) is 25.9. The van der Waals surface area contributed by atoms with E-state index in [2.05, 4.69) is 0 Å². The van der Waals surface area contributed by atoms with Crippen molar-refractivity contribution >= 4 is 11.8 Å². The smallest absolute Gasteiger partial charge is 0.319 e. The van der Waals surface area contributed by atoms with Crippen LogP contribution in [0.4, 0.5) is 0 Å². The first-order chi connectivity index (χ1) is 8.93. The van der Waals surface area contributed by atoms with Crippen LogP contribution in [0.1, 0.15) is 20.8 Å². The normalized spacial score (nSPS) is 21.2. The zero-order valence-corrected chi connectivity index (χ0v) is 11.8. The second-order valence-electron chi connectivity index (χ2n) is 5.15. The Morgan fingerprint density at radius 1 is 1.47 bits per heavy atom. The number of esters is 1. The van der Waals surface area contributed by atoms with Crippen LogP contribution in [0.5, 0.6) is 0 Å². The van der Waals surface area contributed by atoms with Crippen LogP contribution in [0.3, 0.4) is 0 Å². The summed E-state index contributed by atoms with van der Waals surface area (Å²) in [6.45, 7) is 6.69. The van der Waals surface area contributed by atoms with Gasteiger partial charge in [0.1, 0.15) is 5.41 Å². The van der Waals surface area contributed by atoms with Crippen molar-refractivity contribution in [2.45, 2.75) is 26.8 Å². The molecule has 1 atom stereocenters. The highest BCUT2D eigenvalue weighted by molar-refractivity contribution is 6.03. The number of nitrogens with zero attached hydrogens (tertiary/aromatic N) is 1. The molecule has 110 valence electrons. The first-order valence-electron chi connectivity index (χ1n) is 6.56. The van der Waals surface area contributed by atoms with Gasteiger partial charge in [-0.1, -0.05) is 0 Å². The van der Waals surface area contributed by atoms with E-state index in [0.29, 0.717) is 19.8 Å². The summed E-state index contributed by atoms with van der Waals surface area (Å²) in [5, 5.41) is 9.25. The van der Waals surface area contributed by atoms with E-state index in [9.17, 15) is 14.7 Å². The lowest BCUT2D eigenvalue weighted by Gasteiger charge is -2.35. The molecule has 19 heavy (non-hydrogen) atoms. The van der Waals surface area contributed by atoms with Crippen LogP contribution in [0.2, 0.25) is 0 Å². The molecule has 1 rings (SSSR count). The maximum atomic E-state index is 12.2. The van der Waals surface area contributed by atoms with Crippen molar-refractivity contribution < 1.29 is 24.2 Å². The zero-order chi connectivity index (χ0) is 14.5. The first kappa shape index (κ1) is 16.1. The molecule has 0 bridgehead atoms. The Kier molecular flexibility index (Phi) is 5.90. The minimum Gasteiger partial charge on any atom is -0.465 e. The summed E-state index contributed by atoms with van der Waals surface area (Å²) in [6.07, 6.45) is 0. The molecule has 0 aromatic carbocycles. The van der Waals surface area contributed by atoms with Gasteiger partial charge in [-0.05, 0) is 20.8 Å². The highest BCUT2D eigenvalue weighted by Gasteiger charge is 2.39. The average molecular weight is 273 g/mol. The lowest BCUT2D eigenvalue weighted by Crippen LogP contribution is -2.52. The summed E-state index contributed by atoms with van der Waals surface area (Å²) in [5.41, 5.74) is -1.16. The largest absolute Gasteiger partial charge is 0.465 e. The number of carbonyl (C=O) groups is 2. The number of carbonyl (C=O) groups excluding carboxylic acids is 2.